The van der Waals surface area contributed by atoms with Gasteiger partial charge in [0, 0.05) is 16.5 Å². The van der Waals surface area contributed by atoms with E-state index in [-0.39, 0.29) is 11.2 Å². The zero-order chi connectivity index (χ0) is 15.9. The number of carbonyl (C=O) groups is 1. The van der Waals surface area contributed by atoms with E-state index in [4.69, 9.17) is 11.6 Å². The minimum absolute atomic E-state index is 0.0581. The third-order valence-corrected chi connectivity index (χ3v) is 4.81. The lowest BCUT2D eigenvalue weighted by molar-refractivity contribution is -0.120. The number of benzene rings is 2. The Kier molecular flexibility index (Phi) is 6.34. The van der Waals surface area contributed by atoms with Gasteiger partial charge in [0.05, 0.1) is 5.25 Å². The Bertz CT molecular complexity index is 600. The fourth-order valence-corrected chi connectivity index (χ4v) is 3.09. The summed E-state index contributed by atoms with van der Waals surface area (Å²) in [6.45, 7) is 4.68. The Morgan fingerprint density at radius 1 is 1.09 bits per heavy atom. The second-order valence-electron chi connectivity index (χ2n) is 5.27. The van der Waals surface area contributed by atoms with Crippen LogP contribution < -0.4 is 5.32 Å². The van der Waals surface area contributed by atoms with Gasteiger partial charge in [-0.1, -0.05) is 48.9 Å². The lowest BCUT2D eigenvalue weighted by Gasteiger charge is -2.16. The number of thioether (sulfide) groups is 1. The molecule has 0 aliphatic rings. The molecule has 1 N–H and O–H groups in total. The van der Waals surface area contributed by atoms with Gasteiger partial charge >= 0.3 is 0 Å². The summed E-state index contributed by atoms with van der Waals surface area (Å²) in [6, 6.07) is 17.8. The molecule has 22 heavy (non-hydrogen) atoms. The van der Waals surface area contributed by atoms with Gasteiger partial charge in [-0.3, -0.25) is 4.79 Å². The van der Waals surface area contributed by atoms with Gasteiger partial charge in [0.15, 0.2) is 0 Å². The first-order valence-electron chi connectivity index (χ1n) is 7.31. The van der Waals surface area contributed by atoms with Gasteiger partial charge in [0.2, 0.25) is 5.91 Å². The first kappa shape index (κ1) is 16.9. The van der Waals surface area contributed by atoms with Gasteiger partial charge in [-0.15, -0.1) is 11.8 Å². The molecule has 0 radical (unpaired) electrons. The van der Waals surface area contributed by atoms with Crippen molar-refractivity contribution in [2.75, 3.05) is 6.54 Å². The van der Waals surface area contributed by atoms with Crippen LogP contribution in [0.2, 0.25) is 5.02 Å². The highest BCUT2D eigenvalue weighted by atomic mass is 35.5. The predicted octanol–water partition coefficient (Wildman–Crippen LogP) is 4.74. The fourth-order valence-electron chi connectivity index (χ4n) is 2.07. The molecular weight excluding hydrogens is 314 g/mol. The SMILES string of the molecule is C[C@H](Sc1ccc(Cl)cc1)C(=O)NC[C@H](C)c1ccccc1. The molecule has 0 aliphatic carbocycles. The molecule has 0 spiro atoms. The minimum Gasteiger partial charge on any atom is -0.355 e. The highest BCUT2D eigenvalue weighted by molar-refractivity contribution is 8.00. The van der Waals surface area contributed by atoms with E-state index in [0.29, 0.717) is 17.5 Å². The maximum Gasteiger partial charge on any atom is 0.233 e. The summed E-state index contributed by atoms with van der Waals surface area (Å²) in [7, 11) is 0. The zero-order valence-corrected chi connectivity index (χ0v) is 14.3. The molecule has 2 rings (SSSR count). The van der Waals surface area contributed by atoms with Crippen molar-refractivity contribution in [2.45, 2.75) is 29.9 Å². The summed E-state index contributed by atoms with van der Waals surface area (Å²) < 4.78 is 0. The smallest absolute Gasteiger partial charge is 0.233 e. The van der Waals surface area contributed by atoms with Gasteiger partial charge in [-0.2, -0.15) is 0 Å². The van der Waals surface area contributed by atoms with Crippen LogP contribution in [-0.2, 0) is 4.79 Å². The predicted molar refractivity (Wildman–Crippen MR) is 94.6 cm³/mol. The van der Waals surface area contributed by atoms with Crippen LogP contribution in [0.15, 0.2) is 59.5 Å². The average molecular weight is 334 g/mol. The molecule has 0 fully saturated rings. The van der Waals surface area contributed by atoms with Gasteiger partial charge < -0.3 is 5.32 Å². The third-order valence-electron chi connectivity index (χ3n) is 3.45. The summed E-state index contributed by atoms with van der Waals surface area (Å²) in [5.74, 6) is 0.362. The van der Waals surface area contributed by atoms with Crippen LogP contribution >= 0.6 is 23.4 Å². The van der Waals surface area contributed by atoms with Gasteiger partial charge in [0.1, 0.15) is 0 Å². The summed E-state index contributed by atoms with van der Waals surface area (Å²) >= 11 is 7.40. The van der Waals surface area contributed by atoms with Gasteiger partial charge in [-0.05, 0) is 42.7 Å². The largest absolute Gasteiger partial charge is 0.355 e. The fraction of sp³-hybridized carbons (Fsp3) is 0.278. The van der Waals surface area contributed by atoms with Crippen molar-refractivity contribution < 1.29 is 4.79 Å². The van der Waals surface area contributed by atoms with E-state index < -0.39 is 0 Å². The molecule has 0 saturated carbocycles. The maximum atomic E-state index is 12.2. The number of amides is 1. The normalized spacial score (nSPS) is 13.4. The quantitative estimate of drug-likeness (QED) is 0.773. The maximum absolute atomic E-state index is 12.2. The monoisotopic (exact) mass is 333 g/mol. The topological polar surface area (TPSA) is 29.1 Å². The molecule has 116 valence electrons. The summed E-state index contributed by atoms with van der Waals surface area (Å²) in [5, 5.41) is 3.60. The van der Waals surface area contributed by atoms with E-state index in [0.717, 1.165) is 4.90 Å². The molecule has 0 bridgehead atoms. The minimum atomic E-state index is -0.135. The van der Waals surface area contributed by atoms with Crippen molar-refractivity contribution in [3.63, 3.8) is 0 Å². The summed E-state index contributed by atoms with van der Waals surface area (Å²) in [5.41, 5.74) is 1.24. The van der Waals surface area contributed by atoms with Crippen molar-refractivity contribution in [2.24, 2.45) is 0 Å². The molecule has 4 heteroatoms. The van der Waals surface area contributed by atoms with Crippen LogP contribution in [-0.4, -0.2) is 17.7 Å². The average Bonchev–Trinajstić information content (AvgIpc) is 2.55. The number of carbonyl (C=O) groups excluding carboxylic acids is 1. The molecule has 0 aromatic heterocycles. The molecule has 0 saturated heterocycles. The van der Waals surface area contributed by atoms with Crippen molar-refractivity contribution in [3.05, 3.63) is 65.2 Å². The van der Waals surface area contributed by atoms with Crippen LogP contribution in [0.5, 0.6) is 0 Å². The molecule has 0 heterocycles. The molecule has 2 aromatic carbocycles. The van der Waals surface area contributed by atoms with Crippen molar-refractivity contribution >= 4 is 29.3 Å². The molecule has 2 aromatic rings. The zero-order valence-electron chi connectivity index (χ0n) is 12.8. The second-order valence-corrected chi connectivity index (χ2v) is 7.12. The van der Waals surface area contributed by atoms with E-state index in [1.54, 1.807) is 0 Å². The second kappa shape index (κ2) is 8.25. The lowest BCUT2D eigenvalue weighted by atomic mass is 10.0. The summed E-state index contributed by atoms with van der Waals surface area (Å²) in [6.07, 6.45) is 0. The van der Waals surface area contributed by atoms with E-state index in [2.05, 4.69) is 24.4 Å². The third kappa shape index (κ3) is 5.08. The highest BCUT2D eigenvalue weighted by Crippen LogP contribution is 2.25. The Hall–Kier alpha value is -1.45. The summed E-state index contributed by atoms with van der Waals surface area (Å²) in [4.78, 5) is 13.2. The number of nitrogens with one attached hydrogen (secondary N) is 1. The van der Waals surface area contributed by atoms with Crippen LogP contribution in [0.4, 0.5) is 0 Å². The standard InChI is InChI=1S/C18H20ClNOS/c1-13(15-6-4-3-5-7-15)12-20-18(21)14(2)22-17-10-8-16(19)9-11-17/h3-11,13-14H,12H2,1-2H3,(H,20,21)/t13-,14-/m0/s1. The van der Waals surface area contributed by atoms with E-state index in [9.17, 15) is 4.79 Å². The Morgan fingerprint density at radius 3 is 2.36 bits per heavy atom. The molecule has 0 unspecified atom stereocenters. The Labute approximate surface area is 141 Å². The lowest BCUT2D eigenvalue weighted by Crippen LogP contribution is -2.33. The van der Waals surface area contributed by atoms with Crippen molar-refractivity contribution in [1.29, 1.82) is 0 Å². The van der Waals surface area contributed by atoms with Crippen molar-refractivity contribution in [1.82, 2.24) is 5.32 Å². The first-order valence-corrected chi connectivity index (χ1v) is 8.57. The highest BCUT2D eigenvalue weighted by Gasteiger charge is 2.15. The number of hydrogen-bond acceptors (Lipinski definition) is 2. The van der Waals surface area contributed by atoms with E-state index in [1.165, 1.54) is 17.3 Å². The number of rotatable bonds is 6. The molecule has 1 amide bonds. The molecule has 0 aliphatic heterocycles. The molecular formula is C18H20ClNOS. The molecule has 2 atom stereocenters. The van der Waals surface area contributed by atoms with Crippen LogP contribution in [0.25, 0.3) is 0 Å². The van der Waals surface area contributed by atoms with Gasteiger partial charge in [-0.25, -0.2) is 0 Å². The molecule has 2 nitrogen and oxygen atoms in total. The number of hydrogen-bond donors (Lipinski definition) is 1. The Morgan fingerprint density at radius 2 is 1.73 bits per heavy atom. The Balaban J connectivity index is 1.82. The van der Waals surface area contributed by atoms with Crippen LogP contribution in [0.1, 0.15) is 25.3 Å². The van der Waals surface area contributed by atoms with Crippen LogP contribution in [0, 0.1) is 0 Å². The van der Waals surface area contributed by atoms with Gasteiger partial charge in [0.25, 0.3) is 0 Å². The van der Waals surface area contributed by atoms with E-state index >= 15 is 0 Å². The van der Waals surface area contributed by atoms with E-state index in [1.807, 2.05) is 49.4 Å². The van der Waals surface area contributed by atoms with Crippen molar-refractivity contribution in [3.8, 4) is 0 Å². The number of halogens is 1. The van der Waals surface area contributed by atoms with Crippen LogP contribution in [0.3, 0.4) is 0 Å². The first-order chi connectivity index (χ1) is 10.6.